The molecule has 2 heterocycles. The van der Waals surface area contributed by atoms with Gasteiger partial charge in [0.15, 0.2) is 0 Å². The molecule has 0 saturated carbocycles. The molecule has 1 atom stereocenters. The van der Waals surface area contributed by atoms with E-state index < -0.39 is 9.84 Å². The Balaban J connectivity index is 2.15. The van der Waals surface area contributed by atoms with Crippen LogP contribution in [0.15, 0.2) is 4.99 Å². The summed E-state index contributed by atoms with van der Waals surface area (Å²) in [5.74, 6) is 0.557. The van der Waals surface area contributed by atoms with Gasteiger partial charge >= 0.3 is 116 Å². The van der Waals surface area contributed by atoms with E-state index in [1.54, 1.807) is 0 Å². The zero-order valence-corrected chi connectivity index (χ0v) is 13.8. The van der Waals surface area contributed by atoms with Crippen LogP contribution in [0.3, 0.4) is 0 Å². The molecule has 2 aliphatic rings. The van der Waals surface area contributed by atoms with Crippen molar-refractivity contribution in [1.29, 1.82) is 0 Å². The van der Waals surface area contributed by atoms with Crippen molar-refractivity contribution in [3.05, 3.63) is 0 Å². The molecule has 1 saturated heterocycles. The third kappa shape index (κ3) is 3.26. The van der Waals surface area contributed by atoms with E-state index in [9.17, 15) is 8.42 Å². The number of aliphatic imine (C=N–C) groups is 1. The van der Waals surface area contributed by atoms with Crippen molar-refractivity contribution in [2.24, 2.45) is 4.99 Å². The van der Waals surface area contributed by atoms with Crippen LogP contribution in [0.25, 0.3) is 0 Å². The van der Waals surface area contributed by atoms with Gasteiger partial charge in [0.05, 0.1) is 0 Å². The molecule has 104 valence electrons. The minimum absolute atomic E-state index is 0.0520. The fourth-order valence-corrected chi connectivity index (χ4v) is 6.00. The van der Waals surface area contributed by atoms with Gasteiger partial charge in [-0.2, -0.15) is 0 Å². The van der Waals surface area contributed by atoms with Crippen LogP contribution in [0, 0.1) is 0 Å². The molecule has 0 radical (unpaired) electrons. The first-order valence-corrected chi connectivity index (χ1v) is 9.89. The van der Waals surface area contributed by atoms with Crippen LogP contribution in [0.4, 0.5) is 0 Å². The van der Waals surface area contributed by atoms with Crippen molar-refractivity contribution in [3.8, 4) is 0 Å². The number of rotatable bonds is 3. The molecular formula is C11H21N3O2SSe. The molecular weight excluding hydrogens is 317 g/mol. The molecule has 7 heteroatoms. The van der Waals surface area contributed by atoms with Crippen molar-refractivity contribution in [3.63, 3.8) is 0 Å². The Bertz CT molecular complexity index is 459. The van der Waals surface area contributed by atoms with Crippen LogP contribution in [-0.2, 0) is 9.84 Å². The van der Waals surface area contributed by atoms with Gasteiger partial charge in [0.25, 0.3) is 0 Å². The van der Waals surface area contributed by atoms with Gasteiger partial charge in [-0.1, -0.05) is 0 Å². The van der Waals surface area contributed by atoms with E-state index in [0.29, 0.717) is 17.0 Å². The van der Waals surface area contributed by atoms with Crippen LogP contribution >= 0.6 is 0 Å². The van der Waals surface area contributed by atoms with Gasteiger partial charge in [-0.15, -0.1) is 0 Å². The molecule has 18 heavy (non-hydrogen) atoms. The molecule has 0 spiro atoms. The van der Waals surface area contributed by atoms with E-state index >= 15 is 0 Å². The maximum atomic E-state index is 11.6. The molecule has 0 aromatic rings. The van der Waals surface area contributed by atoms with Gasteiger partial charge in [-0.3, -0.25) is 0 Å². The molecule has 0 aromatic carbocycles. The predicted molar refractivity (Wildman–Crippen MR) is 74.4 cm³/mol. The standard InChI is InChI=1S/C11H21N3O2SSe/c1-8(2)18-10-12-11(3,4)13-14(10)9-5-6-17(15,16)7-9/h8-9,13H,5-7H2,1-4H3. The average Bonchev–Trinajstić information content (AvgIpc) is 2.65. The second kappa shape index (κ2) is 4.78. The molecule has 1 fully saturated rings. The van der Waals surface area contributed by atoms with E-state index in [1.807, 2.05) is 18.9 Å². The average molecular weight is 338 g/mol. The molecule has 0 aliphatic carbocycles. The topological polar surface area (TPSA) is 61.8 Å². The first-order valence-electron chi connectivity index (χ1n) is 6.22. The van der Waals surface area contributed by atoms with Crippen LogP contribution < -0.4 is 5.43 Å². The third-order valence-corrected chi connectivity index (χ3v) is 6.68. The summed E-state index contributed by atoms with van der Waals surface area (Å²) in [6.07, 6.45) is 0.707. The van der Waals surface area contributed by atoms with Crippen molar-refractivity contribution < 1.29 is 8.42 Å². The second-order valence-corrected chi connectivity index (χ2v) is 11.1. The number of sulfone groups is 1. The summed E-state index contributed by atoms with van der Waals surface area (Å²) in [6.45, 7) is 8.40. The fraction of sp³-hybridized carbons (Fsp3) is 0.909. The van der Waals surface area contributed by atoms with Gasteiger partial charge < -0.3 is 0 Å². The number of hydrogen-bond donors (Lipinski definition) is 1. The summed E-state index contributed by atoms with van der Waals surface area (Å²) in [5.41, 5.74) is 3.04. The predicted octanol–water partition coefficient (Wildman–Crippen LogP) is 0.618. The molecule has 2 aliphatic heterocycles. The van der Waals surface area contributed by atoms with E-state index in [2.05, 4.69) is 19.3 Å². The number of hydrogen-bond acceptors (Lipinski definition) is 5. The number of amidine groups is 1. The van der Waals surface area contributed by atoms with Gasteiger partial charge in [0, 0.05) is 0 Å². The molecule has 2 rings (SSSR count). The van der Waals surface area contributed by atoms with E-state index in [4.69, 9.17) is 4.99 Å². The molecule has 1 unspecified atom stereocenters. The second-order valence-electron chi connectivity index (χ2n) is 5.66. The monoisotopic (exact) mass is 339 g/mol. The van der Waals surface area contributed by atoms with Gasteiger partial charge in [0.2, 0.25) is 0 Å². The molecule has 1 N–H and O–H groups in total. The van der Waals surface area contributed by atoms with Gasteiger partial charge in [-0.05, 0) is 0 Å². The summed E-state index contributed by atoms with van der Waals surface area (Å²) in [6, 6.07) is 0.0520. The first kappa shape index (κ1) is 14.3. The first-order chi connectivity index (χ1) is 8.19. The zero-order valence-electron chi connectivity index (χ0n) is 11.3. The van der Waals surface area contributed by atoms with Gasteiger partial charge in [0.1, 0.15) is 0 Å². The van der Waals surface area contributed by atoms with E-state index in [1.165, 1.54) is 0 Å². The zero-order chi connectivity index (χ0) is 13.6. The number of nitrogens with one attached hydrogen (secondary N) is 1. The maximum absolute atomic E-state index is 11.6. The summed E-state index contributed by atoms with van der Waals surface area (Å²) in [4.78, 5) is 5.28. The third-order valence-electron chi connectivity index (χ3n) is 2.89. The summed E-state index contributed by atoms with van der Waals surface area (Å²) in [5, 5.41) is 2.03. The molecule has 0 amide bonds. The van der Waals surface area contributed by atoms with Crippen molar-refractivity contribution in [2.75, 3.05) is 11.5 Å². The Labute approximate surface area is 115 Å². The summed E-state index contributed by atoms with van der Waals surface area (Å²) in [7, 11) is -2.85. The fourth-order valence-electron chi connectivity index (χ4n) is 2.18. The Hall–Kier alpha value is -0.101. The quantitative estimate of drug-likeness (QED) is 0.767. The Morgan fingerprint density at radius 3 is 2.67 bits per heavy atom. The van der Waals surface area contributed by atoms with Crippen LogP contribution in [0.1, 0.15) is 34.1 Å². The Morgan fingerprint density at radius 1 is 1.50 bits per heavy atom. The Kier molecular flexibility index (Phi) is 3.80. The molecule has 0 aromatic heterocycles. The van der Waals surface area contributed by atoms with Crippen molar-refractivity contribution in [1.82, 2.24) is 10.4 Å². The Morgan fingerprint density at radius 2 is 2.17 bits per heavy atom. The number of nitrogens with zero attached hydrogens (tertiary/aromatic N) is 2. The van der Waals surface area contributed by atoms with E-state index in [0.717, 1.165) is 4.73 Å². The van der Waals surface area contributed by atoms with Crippen LogP contribution in [0.5, 0.6) is 0 Å². The van der Waals surface area contributed by atoms with Crippen molar-refractivity contribution >= 4 is 29.5 Å². The van der Waals surface area contributed by atoms with Gasteiger partial charge in [-0.25, -0.2) is 0 Å². The SMILES string of the molecule is CC(C)[Se]C1=NC(C)(C)NN1C1CCS(=O)(=O)C1. The molecule has 0 bridgehead atoms. The normalized spacial score (nSPS) is 29.9. The minimum atomic E-state index is -2.85. The van der Waals surface area contributed by atoms with Crippen molar-refractivity contribution in [2.45, 2.75) is 50.6 Å². The molecule has 5 nitrogen and oxygen atoms in total. The summed E-state index contributed by atoms with van der Waals surface area (Å²) >= 11 is 0.285. The number of hydrazine groups is 1. The van der Waals surface area contributed by atoms with E-state index in [-0.39, 0.29) is 32.4 Å². The van der Waals surface area contributed by atoms with Crippen LogP contribution in [0.2, 0.25) is 4.82 Å². The van der Waals surface area contributed by atoms with Crippen LogP contribution in [-0.4, -0.2) is 56.3 Å². The summed E-state index contributed by atoms with van der Waals surface area (Å²) < 4.78 is 24.3.